The van der Waals surface area contributed by atoms with Crippen molar-refractivity contribution in [1.82, 2.24) is 10.2 Å². The van der Waals surface area contributed by atoms with E-state index in [2.05, 4.69) is 12.2 Å². The summed E-state index contributed by atoms with van der Waals surface area (Å²) in [5, 5.41) is 3.85. The molecule has 2 unspecified atom stereocenters. The molecule has 0 spiro atoms. The van der Waals surface area contributed by atoms with Gasteiger partial charge in [0.15, 0.2) is 11.5 Å². The molecule has 0 radical (unpaired) electrons. The highest BCUT2D eigenvalue weighted by atomic mass is 35.5. The number of hydrogen-bond acceptors (Lipinski definition) is 4. The molecular formula is C19H27ClN2O3. The van der Waals surface area contributed by atoms with Gasteiger partial charge in [-0.1, -0.05) is 24.9 Å². The second-order valence-electron chi connectivity index (χ2n) is 6.78. The maximum atomic E-state index is 13.1. The Morgan fingerprint density at radius 3 is 2.88 bits per heavy atom. The largest absolute Gasteiger partial charge is 0.493 e. The highest BCUT2D eigenvalue weighted by Gasteiger charge is 2.38. The Hall–Kier alpha value is -1.46. The standard InChI is InChI=1S/C19H27ClN2O3/c1-3-4-9-25-18-16(20)10-13(11-17(18)24-2)19(23)22-14-5-6-15(22)12-21-8-7-14/h10-11,14-15,21H,3-9,12H2,1-2H3. The van der Waals surface area contributed by atoms with Gasteiger partial charge in [0.1, 0.15) is 0 Å². The van der Waals surface area contributed by atoms with Gasteiger partial charge >= 0.3 is 0 Å². The molecule has 0 aromatic heterocycles. The predicted octanol–water partition coefficient (Wildman–Crippen LogP) is 3.49. The van der Waals surface area contributed by atoms with Crippen LogP contribution in [-0.2, 0) is 0 Å². The van der Waals surface area contributed by atoms with Gasteiger partial charge in [-0.15, -0.1) is 0 Å². The number of unbranched alkanes of at least 4 members (excludes halogenated alkanes) is 1. The number of halogens is 1. The molecule has 0 aliphatic carbocycles. The topological polar surface area (TPSA) is 50.8 Å². The summed E-state index contributed by atoms with van der Waals surface area (Å²) in [6.45, 7) is 4.53. The molecule has 2 fully saturated rings. The molecule has 1 N–H and O–H groups in total. The summed E-state index contributed by atoms with van der Waals surface area (Å²) < 4.78 is 11.2. The zero-order chi connectivity index (χ0) is 17.8. The summed E-state index contributed by atoms with van der Waals surface area (Å²) in [7, 11) is 1.58. The lowest BCUT2D eigenvalue weighted by atomic mass is 10.1. The van der Waals surface area contributed by atoms with Gasteiger partial charge in [-0.25, -0.2) is 0 Å². The van der Waals surface area contributed by atoms with Gasteiger partial charge in [0.05, 0.1) is 18.7 Å². The summed E-state index contributed by atoms with van der Waals surface area (Å²) in [5.41, 5.74) is 0.573. The fourth-order valence-electron chi connectivity index (χ4n) is 3.76. The lowest BCUT2D eigenvalue weighted by Crippen LogP contribution is -2.42. The van der Waals surface area contributed by atoms with Gasteiger partial charge in [-0.05, 0) is 44.4 Å². The Morgan fingerprint density at radius 2 is 2.12 bits per heavy atom. The Labute approximate surface area is 154 Å². The van der Waals surface area contributed by atoms with E-state index in [1.54, 1.807) is 19.2 Å². The number of nitrogens with one attached hydrogen (secondary N) is 1. The zero-order valence-electron chi connectivity index (χ0n) is 15.0. The highest BCUT2D eigenvalue weighted by molar-refractivity contribution is 6.32. The number of benzene rings is 1. The van der Waals surface area contributed by atoms with Gasteiger partial charge in [0.2, 0.25) is 0 Å². The molecule has 2 saturated heterocycles. The van der Waals surface area contributed by atoms with Crippen molar-refractivity contribution < 1.29 is 14.3 Å². The van der Waals surface area contributed by atoms with Gasteiger partial charge in [0, 0.05) is 24.2 Å². The summed E-state index contributed by atoms with van der Waals surface area (Å²) in [6, 6.07) is 4.06. The van der Waals surface area contributed by atoms with E-state index in [1.165, 1.54) is 0 Å². The lowest BCUT2D eigenvalue weighted by Gasteiger charge is -2.28. The van der Waals surface area contributed by atoms with Crippen LogP contribution in [0, 0.1) is 0 Å². The van der Waals surface area contributed by atoms with Crippen LogP contribution in [0.2, 0.25) is 5.02 Å². The number of carbonyl (C=O) groups is 1. The third kappa shape index (κ3) is 3.87. The summed E-state index contributed by atoms with van der Waals surface area (Å²) in [4.78, 5) is 15.2. The second kappa shape index (κ2) is 8.28. The number of ether oxygens (including phenoxy) is 2. The first-order chi connectivity index (χ1) is 12.2. The molecule has 2 bridgehead atoms. The van der Waals surface area contributed by atoms with E-state index in [0.717, 1.165) is 45.2 Å². The van der Waals surface area contributed by atoms with E-state index in [-0.39, 0.29) is 11.9 Å². The Bertz CT molecular complexity index is 609. The molecule has 2 heterocycles. The van der Waals surface area contributed by atoms with Gasteiger partial charge in [0.25, 0.3) is 5.91 Å². The van der Waals surface area contributed by atoms with Crippen molar-refractivity contribution in [2.75, 3.05) is 26.8 Å². The zero-order valence-corrected chi connectivity index (χ0v) is 15.8. The average molecular weight is 367 g/mol. The van der Waals surface area contributed by atoms with Crippen molar-refractivity contribution in [1.29, 1.82) is 0 Å². The monoisotopic (exact) mass is 366 g/mol. The minimum absolute atomic E-state index is 0.0384. The average Bonchev–Trinajstić information content (AvgIpc) is 2.88. The quantitative estimate of drug-likeness (QED) is 0.783. The van der Waals surface area contributed by atoms with E-state index in [9.17, 15) is 4.79 Å². The molecule has 3 rings (SSSR count). The third-order valence-electron chi connectivity index (χ3n) is 5.11. The van der Waals surface area contributed by atoms with Crippen LogP contribution in [0.15, 0.2) is 12.1 Å². The molecule has 2 atom stereocenters. The molecule has 2 aliphatic rings. The number of fused-ring (bicyclic) bond motifs is 2. The van der Waals surface area contributed by atoms with Crippen LogP contribution < -0.4 is 14.8 Å². The van der Waals surface area contributed by atoms with Gasteiger partial charge < -0.3 is 19.7 Å². The SMILES string of the molecule is CCCCOc1c(Cl)cc(C(=O)N2C3CCNCC2CC3)cc1OC. The van der Waals surface area contributed by atoms with Crippen molar-refractivity contribution in [2.24, 2.45) is 0 Å². The van der Waals surface area contributed by atoms with Crippen LogP contribution in [0.25, 0.3) is 0 Å². The van der Waals surface area contributed by atoms with Gasteiger partial charge in [-0.3, -0.25) is 4.79 Å². The first-order valence-electron chi connectivity index (χ1n) is 9.19. The molecule has 1 amide bonds. The van der Waals surface area contributed by atoms with Crippen LogP contribution in [0.4, 0.5) is 0 Å². The van der Waals surface area contributed by atoms with Crippen molar-refractivity contribution in [3.05, 3.63) is 22.7 Å². The van der Waals surface area contributed by atoms with E-state index < -0.39 is 0 Å². The molecule has 6 heteroatoms. The van der Waals surface area contributed by atoms with Crippen LogP contribution in [-0.4, -0.2) is 49.7 Å². The smallest absolute Gasteiger partial charge is 0.254 e. The number of methoxy groups -OCH3 is 1. The van der Waals surface area contributed by atoms with Crippen molar-refractivity contribution in [3.63, 3.8) is 0 Å². The minimum Gasteiger partial charge on any atom is -0.493 e. The van der Waals surface area contributed by atoms with Crippen LogP contribution in [0.5, 0.6) is 11.5 Å². The second-order valence-corrected chi connectivity index (χ2v) is 7.19. The number of hydrogen-bond donors (Lipinski definition) is 1. The summed E-state index contributed by atoms with van der Waals surface area (Å²) >= 11 is 6.41. The molecule has 1 aromatic carbocycles. The predicted molar refractivity (Wildman–Crippen MR) is 98.9 cm³/mol. The van der Waals surface area contributed by atoms with E-state index in [1.807, 2.05) is 4.90 Å². The number of rotatable bonds is 6. The number of nitrogens with zero attached hydrogens (tertiary/aromatic N) is 1. The van der Waals surface area contributed by atoms with Crippen LogP contribution in [0.3, 0.4) is 0 Å². The molecule has 5 nitrogen and oxygen atoms in total. The highest BCUT2D eigenvalue weighted by Crippen LogP contribution is 2.38. The molecule has 2 aliphatic heterocycles. The maximum Gasteiger partial charge on any atom is 0.254 e. The molecule has 138 valence electrons. The van der Waals surface area contributed by atoms with E-state index >= 15 is 0 Å². The van der Waals surface area contributed by atoms with Crippen LogP contribution >= 0.6 is 11.6 Å². The lowest BCUT2D eigenvalue weighted by molar-refractivity contribution is 0.0680. The van der Waals surface area contributed by atoms with E-state index in [4.69, 9.17) is 21.1 Å². The summed E-state index contributed by atoms with van der Waals surface area (Å²) in [6.07, 6.45) is 5.14. The maximum absolute atomic E-state index is 13.1. The molecule has 0 saturated carbocycles. The van der Waals surface area contributed by atoms with Crippen LogP contribution in [0.1, 0.15) is 49.4 Å². The van der Waals surface area contributed by atoms with Crippen molar-refractivity contribution in [2.45, 2.75) is 51.1 Å². The Morgan fingerprint density at radius 1 is 1.32 bits per heavy atom. The van der Waals surface area contributed by atoms with Gasteiger partial charge in [-0.2, -0.15) is 0 Å². The first kappa shape index (κ1) is 18.3. The molecule has 1 aromatic rings. The normalized spacial score (nSPS) is 22.6. The third-order valence-corrected chi connectivity index (χ3v) is 5.39. The molecule has 25 heavy (non-hydrogen) atoms. The summed E-state index contributed by atoms with van der Waals surface area (Å²) in [5.74, 6) is 1.08. The molecular weight excluding hydrogens is 340 g/mol. The Kier molecular flexibility index (Phi) is 6.07. The fourth-order valence-corrected chi connectivity index (χ4v) is 4.03. The minimum atomic E-state index is 0.0384. The van der Waals surface area contributed by atoms with Crippen molar-refractivity contribution in [3.8, 4) is 11.5 Å². The first-order valence-corrected chi connectivity index (χ1v) is 9.57. The fraction of sp³-hybridized carbons (Fsp3) is 0.632. The van der Waals surface area contributed by atoms with Crippen molar-refractivity contribution >= 4 is 17.5 Å². The number of carbonyl (C=O) groups excluding carboxylic acids is 1. The van der Waals surface area contributed by atoms with E-state index in [0.29, 0.717) is 34.7 Å². The Balaban J connectivity index is 1.84. The number of amides is 1.